The Hall–Kier alpha value is -0.790. The zero-order valence-electron chi connectivity index (χ0n) is 13.8. The fraction of sp³-hybridized carbons (Fsp3) is 0.833. The van der Waals surface area contributed by atoms with Crippen LogP contribution in [0, 0.1) is 0 Å². The Bertz CT molecular complexity index is 238. The number of rotatable bonds is 14. The van der Waals surface area contributed by atoms with E-state index in [0.717, 1.165) is 25.8 Å². The molecule has 0 spiro atoms. The summed E-state index contributed by atoms with van der Waals surface area (Å²) in [5.41, 5.74) is 0. The first-order valence-electron chi connectivity index (χ1n) is 8.68. The standard InChI is InChI=1S/C18H35NO/c1-4-7-9-10-11-12-13-14-15-16-18(20)19(6-3)17-8-5-2/h6H,3-5,7-17H2,1-2H3. The Morgan fingerprint density at radius 3 is 1.85 bits per heavy atom. The Labute approximate surface area is 126 Å². The molecule has 0 saturated carbocycles. The molecule has 0 aliphatic rings. The van der Waals surface area contributed by atoms with Crippen molar-refractivity contribution in [3.8, 4) is 0 Å². The van der Waals surface area contributed by atoms with Crippen molar-refractivity contribution >= 4 is 5.91 Å². The monoisotopic (exact) mass is 281 g/mol. The van der Waals surface area contributed by atoms with Gasteiger partial charge in [-0.15, -0.1) is 0 Å². The molecular formula is C18H35NO. The molecule has 0 aromatic rings. The highest BCUT2D eigenvalue weighted by molar-refractivity contribution is 5.77. The SMILES string of the molecule is C=CN(CCCC)C(=O)CCCCCCCCCCC. The Morgan fingerprint density at radius 2 is 1.35 bits per heavy atom. The number of amides is 1. The lowest BCUT2D eigenvalue weighted by Gasteiger charge is -2.17. The fourth-order valence-electron chi connectivity index (χ4n) is 2.38. The van der Waals surface area contributed by atoms with Crippen LogP contribution in [-0.4, -0.2) is 17.4 Å². The molecule has 2 heteroatoms. The maximum atomic E-state index is 11.9. The van der Waals surface area contributed by atoms with Gasteiger partial charge in [0, 0.05) is 13.0 Å². The maximum Gasteiger partial charge on any atom is 0.226 e. The Balaban J connectivity index is 3.44. The fourth-order valence-corrected chi connectivity index (χ4v) is 2.38. The smallest absolute Gasteiger partial charge is 0.226 e. The lowest BCUT2D eigenvalue weighted by Crippen LogP contribution is -2.26. The molecule has 118 valence electrons. The van der Waals surface area contributed by atoms with Crippen molar-refractivity contribution in [2.45, 2.75) is 90.9 Å². The van der Waals surface area contributed by atoms with Crippen molar-refractivity contribution in [2.75, 3.05) is 6.54 Å². The van der Waals surface area contributed by atoms with Crippen molar-refractivity contribution in [1.29, 1.82) is 0 Å². The van der Waals surface area contributed by atoms with Gasteiger partial charge in [0.25, 0.3) is 0 Å². The third kappa shape index (κ3) is 11.1. The average Bonchev–Trinajstić information content (AvgIpc) is 2.46. The largest absolute Gasteiger partial charge is 0.320 e. The van der Waals surface area contributed by atoms with Gasteiger partial charge in [-0.25, -0.2) is 0 Å². The van der Waals surface area contributed by atoms with Crippen LogP contribution in [0.2, 0.25) is 0 Å². The van der Waals surface area contributed by atoms with Gasteiger partial charge in [-0.1, -0.05) is 78.2 Å². The molecule has 0 fully saturated rings. The van der Waals surface area contributed by atoms with E-state index in [-0.39, 0.29) is 5.91 Å². The third-order valence-electron chi connectivity index (χ3n) is 3.79. The predicted octanol–water partition coefficient (Wildman–Crippen LogP) is 5.68. The van der Waals surface area contributed by atoms with E-state index >= 15 is 0 Å². The predicted molar refractivity (Wildman–Crippen MR) is 88.7 cm³/mol. The highest BCUT2D eigenvalue weighted by atomic mass is 16.2. The molecule has 0 aliphatic heterocycles. The first-order valence-corrected chi connectivity index (χ1v) is 8.68. The van der Waals surface area contributed by atoms with Gasteiger partial charge in [0.15, 0.2) is 0 Å². The van der Waals surface area contributed by atoms with E-state index in [1.54, 1.807) is 11.1 Å². The summed E-state index contributed by atoms with van der Waals surface area (Å²) in [6, 6.07) is 0. The van der Waals surface area contributed by atoms with E-state index in [2.05, 4.69) is 20.4 Å². The van der Waals surface area contributed by atoms with Crippen molar-refractivity contribution in [1.82, 2.24) is 4.90 Å². The number of carbonyl (C=O) groups excluding carboxylic acids is 1. The van der Waals surface area contributed by atoms with Crippen LogP contribution in [0.4, 0.5) is 0 Å². The molecule has 2 nitrogen and oxygen atoms in total. The number of hydrogen-bond acceptors (Lipinski definition) is 1. The topological polar surface area (TPSA) is 20.3 Å². The second-order valence-electron chi connectivity index (χ2n) is 5.70. The minimum Gasteiger partial charge on any atom is -0.320 e. The lowest BCUT2D eigenvalue weighted by atomic mass is 10.1. The molecule has 0 unspecified atom stereocenters. The van der Waals surface area contributed by atoms with Gasteiger partial charge in [-0.05, 0) is 19.0 Å². The molecule has 0 rings (SSSR count). The molecule has 20 heavy (non-hydrogen) atoms. The normalized spacial score (nSPS) is 10.5. The van der Waals surface area contributed by atoms with Gasteiger partial charge in [-0.2, -0.15) is 0 Å². The van der Waals surface area contributed by atoms with Crippen molar-refractivity contribution in [3.63, 3.8) is 0 Å². The van der Waals surface area contributed by atoms with Crippen LogP contribution in [0.15, 0.2) is 12.8 Å². The molecular weight excluding hydrogens is 246 g/mol. The van der Waals surface area contributed by atoms with E-state index in [1.165, 1.54) is 51.4 Å². The molecule has 0 bridgehead atoms. The zero-order chi connectivity index (χ0) is 15.1. The number of nitrogens with zero attached hydrogens (tertiary/aromatic N) is 1. The molecule has 1 amide bonds. The van der Waals surface area contributed by atoms with Crippen LogP contribution in [0.3, 0.4) is 0 Å². The van der Waals surface area contributed by atoms with Gasteiger partial charge in [0.05, 0.1) is 0 Å². The second-order valence-corrected chi connectivity index (χ2v) is 5.70. The summed E-state index contributed by atoms with van der Waals surface area (Å²) in [7, 11) is 0. The van der Waals surface area contributed by atoms with Crippen molar-refractivity contribution in [2.24, 2.45) is 0 Å². The van der Waals surface area contributed by atoms with E-state index in [9.17, 15) is 4.79 Å². The van der Waals surface area contributed by atoms with E-state index in [1.807, 2.05) is 0 Å². The van der Waals surface area contributed by atoms with Gasteiger partial charge >= 0.3 is 0 Å². The second kappa shape index (κ2) is 14.6. The van der Waals surface area contributed by atoms with Crippen LogP contribution in [0.25, 0.3) is 0 Å². The van der Waals surface area contributed by atoms with Crippen LogP contribution in [-0.2, 0) is 4.79 Å². The minimum absolute atomic E-state index is 0.247. The van der Waals surface area contributed by atoms with Gasteiger partial charge in [0.1, 0.15) is 0 Å². The summed E-state index contributed by atoms with van der Waals surface area (Å²) >= 11 is 0. The quantitative estimate of drug-likeness (QED) is 0.375. The average molecular weight is 281 g/mol. The van der Waals surface area contributed by atoms with E-state index in [4.69, 9.17) is 0 Å². The lowest BCUT2D eigenvalue weighted by molar-refractivity contribution is -0.128. The van der Waals surface area contributed by atoms with Crippen molar-refractivity contribution in [3.05, 3.63) is 12.8 Å². The summed E-state index contributed by atoms with van der Waals surface area (Å²) in [4.78, 5) is 13.7. The van der Waals surface area contributed by atoms with Gasteiger partial charge in [0.2, 0.25) is 5.91 Å². The van der Waals surface area contributed by atoms with Gasteiger partial charge < -0.3 is 4.90 Å². The number of hydrogen-bond donors (Lipinski definition) is 0. The number of unbranched alkanes of at least 4 members (excludes halogenated alkanes) is 9. The van der Waals surface area contributed by atoms with E-state index < -0.39 is 0 Å². The summed E-state index contributed by atoms with van der Waals surface area (Å²) < 4.78 is 0. The summed E-state index contributed by atoms with van der Waals surface area (Å²) in [5.74, 6) is 0.247. The van der Waals surface area contributed by atoms with Crippen LogP contribution in [0.1, 0.15) is 90.9 Å². The Kier molecular flexibility index (Phi) is 14.0. The molecule has 0 radical (unpaired) electrons. The molecule has 0 saturated heterocycles. The van der Waals surface area contributed by atoms with E-state index in [0.29, 0.717) is 6.42 Å². The highest BCUT2D eigenvalue weighted by Gasteiger charge is 2.08. The highest BCUT2D eigenvalue weighted by Crippen LogP contribution is 2.11. The zero-order valence-corrected chi connectivity index (χ0v) is 13.8. The first kappa shape index (κ1) is 19.2. The van der Waals surface area contributed by atoms with Crippen molar-refractivity contribution < 1.29 is 4.79 Å². The molecule has 0 aromatic carbocycles. The summed E-state index contributed by atoms with van der Waals surface area (Å²) in [6.45, 7) is 8.96. The molecule has 0 aliphatic carbocycles. The molecule has 0 atom stereocenters. The first-order chi connectivity index (χ1) is 9.76. The van der Waals surface area contributed by atoms with Gasteiger partial charge in [-0.3, -0.25) is 4.79 Å². The molecule has 0 N–H and O–H groups in total. The third-order valence-corrected chi connectivity index (χ3v) is 3.79. The minimum atomic E-state index is 0.247. The molecule has 0 heterocycles. The maximum absolute atomic E-state index is 11.9. The van der Waals surface area contributed by atoms with Crippen LogP contribution >= 0.6 is 0 Å². The van der Waals surface area contributed by atoms with Crippen LogP contribution in [0.5, 0.6) is 0 Å². The summed E-state index contributed by atoms with van der Waals surface area (Å²) in [6.07, 6.45) is 16.2. The number of carbonyl (C=O) groups is 1. The van der Waals surface area contributed by atoms with Crippen LogP contribution < -0.4 is 0 Å². The Morgan fingerprint density at radius 1 is 0.850 bits per heavy atom. The summed E-state index contributed by atoms with van der Waals surface area (Å²) in [5, 5.41) is 0. The molecule has 0 aromatic heterocycles.